The monoisotopic (exact) mass is 288 g/mol. The van der Waals surface area contributed by atoms with Crippen LogP contribution in [0.3, 0.4) is 0 Å². The molecule has 3 rings (SSSR count). The number of likely N-dealkylation sites (N-methyl/N-ethyl adjacent to an activating group) is 1. The number of rotatable bonds is 6. The highest BCUT2D eigenvalue weighted by Gasteiger charge is 2.40. The molecule has 21 heavy (non-hydrogen) atoms. The maximum Gasteiger partial charge on any atom is 0.272 e. The van der Waals surface area contributed by atoms with Gasteiger partial charge in [0.1, 0.15) is 0 Å². The van der Waals surface area contributed by atoms with Crippen LogP contribution >= 0.6 is 0 Å². The Morgan fingerprint density at radius 2 is 2.14 bits per heavy atom. The molecular formula is C17H24N2O2. The Morgan fingerprint density at radius 1 is 1.33 bits per heavy atom. The summed E-state index contributed by atoms with van der Waals surface area (Å²) in [6.07, 6.45) is 7.53. The molecular weight excluding hydrogens is 264 g/mol. The Bertz CT molecular complexity index is 517. The molecule has 4 unspecified atom stereocenters. The zero-order chi connectivity index (χ0) is 14.8. The predicted molar refractivity (Wildman–Crippen MR) is 83.2 cm³/mol. The van der Waals surface area contributed by atoms with E-state index < -0.39 is 0 Å². The van der Waals surface area contributed by atoms with Crippen molar-refractivity contribution in [2.45, 2.75) is 44.6 Å². The van der Waals surface area contributed by atoms with Gasteiger partial charge >= 0.3 is 0 Å². The van der Waals surface area contributed by atoms with Gasteiger partial charge in [0.2, 0.25) is 0 Å². The molecule has 0 heterocycles. The fourth-order valence-corrected chi connectivity index (χ4v) is 4.46. The van der Waals surface area contributed by atoms with Crippen LogP contribution in [0.4, 0.5) is 5.69 Å². The minimum atomic E-state index is -0.264. The number of nitro groups is 1. The van der Waals surface area contributed by atoms with Crippen LogP contribution in [0.5, 0.6) is 0 Å². The number of para-hydroxylation sites is 1. The second-order valence-corrected chi connectivity index (χ2v) is 6.75. The summed E-state index contributed by atoms with van der Waals surface area (Å²) < 4.78 is 0. The maximum absolute atomic E-state index is 11.1. The number of benzene rings is 1. The van der Waals surface area contributed by atoms with E-state index in [-0.39, 0.29) is 10.6 Å². The van der Waals surface area contributed by atoms with Crippen molar-refractivity contribution in [1.29, 1.82) is 0 Å². The average Bonchev–Trinajstić information content (AvgIpc) is 3.09. The van der Waals surface area contributed by atoms with Crippen molar-refractivity contribution in [2.24, 2.45) is 17.8 Å². The Labute approximate surface area is 126 Å². The molecule has 2 fully saturated rings. The quantitative estimate of drug-likeness (QED) is 0.643. The van der Waals surface area contributed by atoms with Crippen LogP contribution in [-0.2, 0) is 6.42 Å². The fourth-order valence-electron chi connectivity index (χ4n) is 4.46. The first kappa shape index (κ1) is 14.5. The van der Waals surface area contributed by atoms with E-state index in [1.807, 2.05) is 19.2 Å². The van der Waals surface area contributed by atoms with Crippen molar-refractivity contribution < 1.29 is 4.92 Å². The van der Waals surface area contributed by atoms with Crippen molar-refractivity contribution in [3.63, 3.8) is 0 Å². The Kier molecular flexibility index (Phi) is 4.24. The van der Waals surface area contributed by atoms with Gasteiger partial charge < -0.3 is 5.32 Å². The van der Waals surface area contributed by atoms with Crippen molar-refractivity contribution >= 4 is 5.69 Å². The van der Waals surface area contributed by atoms with E-state index in [9.17, 15) is 10.1 Å². The van der Waals surface area contributed by atoms with Crippen molar-refractivity contribution in [2.75, 3.05) is 7.05 Å². The summed E-state index contributed by atoms with van der Waals surface area (Å²) in [5, 5.41) is 14.5. The minimum Gasteiger partial charge on any atom is -0.317 e. The fraction of sp³-hybridized carbons (Fsp3) is 0.647. The summed E-state index contributed by atoms with van der Waals surface area (Å²) >= 11 is 0. The summed E-state index contributed by atoms with van der Waals surface area (Å²) in [5.74, 6) is 2.70. The normalized spacial score (nSPS) is 28.7. The molecule has 4 atom stereocenters. The molecule has 114 valence electrons. The summed E-state index contributed by atoms with van der Waals surface area (Å²) in [7, 11) is 1.98. The largest absolute Gasteiger partial charge is 0.317 e. The second kappa shape index (κ2) is 6.14. The molecule has 4 heteroatoms. The van der Waals surface area contributed by atoms with Gasteiger partial charge in [-0.1, -0.05) is 24.6 Å². The minimum absolute atomic E-state index is 0.255. The number of nitrogens with one attached hydrogen (secondary N) is 1. The van der Waals surface area contributed by atoms with Crippen LogP contribution in [-0.4, -0.2) is 18.0 Å². The SMILES string of the molecule is CNC(Cc1ccccc1[N+](=O)[O-])CC1CC2CCC1C2. The van der Waals surface area contributed by atoms with Gasteiger partial charge in [-0.15, -0.1) is 0 Å². The molecule has 1 aromatic rings. The predicted octanol–water partition coefficient (Wildman–Crippen LogP) is 3.55. The number of hydrogen-bond donors (Lipinski definition) is 1. The van der Waals surface area contributed by atoms with Crippen molar-refractivity contribution in [1.82, 2.24) is 5.32 Å². The molecule has 0 spiro atoms. The molecule has 0 aromatic heterocycles. The third-order valence-corrected chi connectivity index (χ3v) is 5.53. The first-order chi connectivity index (χ1) is 10.2. The van der Waals surface area contributed by atoms with Crippen LogP contribution in [0, 0.1) is 27.9 Å². The first-order valence-corrected chi connectivity index (χ1v) is 8.07. The molecule has 0 radical (unpaired) electrons. The average molecular weight is 288 g/mol. The molecule has 2 aliphatic carbocycles. The third-order valence-electron chi connectivity index (χ3n) is 5.53. The number of nitrogens with zero attached hydrogens (tertiary/aromatic N) is 1. The Hall–Kier alpha value is -1.42. The third kappa shape index (κ3) is 3.10. The van der Waals surface area contributed by atoms with Crippen LogP contribution < -0.4 is 5.32 Å². The first-order valence-electron chi connectivity index (χ1n) is 8.07. The van der Waals surface area contributed by atoms with E-state index in [0.29, 0.717) is 6.04 Å². The highest BCUT2D eigenvalue weighted by Crippen LogP contribution is 2.50. The van der Waals surface area contributed by atoms with E-state index in [2.05, 4.69) is 5.32 Å². The molecule has 0 saturated heterocycles. The zero-order valence-electron chi connectivity index (χ0n) is 12.6. The molecule has 0 aliphatic heterocycles. The van der Waals surface area contributed by atoms with Crippen molar-refractivity contribution in [3.05, 3.63) is 39.9 Å². The van der Waals surface area contributed by atoms with E-state index >= 15 is 0 Å². The van der Waals surface area contributed by atoms with Gasteiger partial charge in [0, 0.05) is 17.7 Å². The lowest BCUT2D eigenvalue weighted by Gasteiger charge is -2.26. The molecule has 2 saturated carbocycles. The van der Waals surface area contributed by atoms with Crippen LogP contribution in [0.25, 0.3) is 0 Å². The van der Waals surface area contributed by atoms with Crippen LogP contribution in [0.1, 0.15) is 37.7 Å². The summed E-state index contributed by atoms with van der Waals surface area (Å²) in [5.41, 5.74) is 1.11. The standard InChI is InChI=1S/C17H24N2O2/c1-18-16(11-15-9-12-6-7-13(15)8-12)10-14-4-2-3-5-17(14)19(20)21/h2-5,12-13,15-16,18H,6-11H2,1H3. The molecule has 4 nitrogen and oxygen atoms in total. The lowest BCUT2D eigenvalue weighted by Crippen LogP contribution is -2.31. The summed E-state index contributed by atoms with van der Waals surface area (Å²) in [6.45, 7) is 0. The van der Waals surface area contributed by atoms with Crippen molar-refractivity contribution in [3.8, 4) is 0 Å². The highest BCUT2D eigenvalue weighted by molar-refractivity contribution is 5.40. The van der Waals surface area contributed by atoms with E-state index in [1.54, 1.807) is 12.1 Å². The zero-order valence-corrected chi connectivity index (χ0v) is 12.6. The Balaban J connectivity index is 1.66. The second-order valence-electron chi connectivity index (χ2n) is 6.75. The van der Waals surface area contributed by atoms with E-state index in [4.69, 9.17) is 0 Å². The summed E-state index contributed by atoms with van der Waals surface area (Å²) in [4.78, 5) is 10.9. The van der Waals surface area contributed by atoms with E-state index in [0.717, 1.165) is 36.2 Å². The van der Waals surface area contributed by atoms with Gasteiger partial charge in [-0.3, -0.25) is 10.1 Å². The van der Waals surface area contributed by atoms with Crippen LogP contribution in [0.15, 0.2) is 24.3 Å². The highest BCUT2D eigenvalue weighted by atomic mass is 16.6. The molecule has 0 amide bonds. The van der Waals surface area contributed by atoms with Gasteiger partial charge in [-0.25, -0.2) is 0 Å². The number of fused-ring (bicyclic) bond motifs is 2. The Morgan fingerprint density at radius 3 is 2.76 bits per heavy atom. The molecule has 2 bridgehead atoms. The molecule has 2 aliphatic rings. The van der Waals surface area contributed by atoms with Gasteiger partial charge in [-0.2, -0.15) is 0 Å². The number of hydrogen-bond acceptors (Lipinski definition) is 3. The van der Waals surface area contributed by atoms with Crippen LogP contribution in [0.2, 0.25) is 0 Å². The van der Waals surface area contributed by atoms with Gasteiger partial charge in [-0.05, 0) is 56.9 Å². The molecule has 1 N–H and O–H groups in total. The summed E-state index contributed by atoms with van der Waals surface area (Å²) in [6, 6.07) is 7.48. The molecule has 1 aromatic carbocycles. The van der Waals surface area contributed by atoms with Gasteiger partial charge in [0.05, 0.1) is 4.92 Å². The lowest BCUT2D eigenvalue weighted by molar-refractivity contribution is -0.385. The smallest absolute Gasteiger partial charge is 0.272 e. The van der Waals surface area contributed by atoms with E-state index in [1.165, 1.54) is 25.7 Å². The number of nitro benzene ring substituents is 1. The van der Waals surface area contributed by atoms with Gasteiger partial charge in [0.15, 0.2) is 0 Å². The lowest BCUT2D eigenvalue weighted by atomic mass is 9.83. The maximum atomic E-state index is 11.1. The topological polar surface area (TPSA) is 55.2 Å². The van der Waals surface area contributed by atoms with Gasteiger partial charge in [0.25, 0.3) is 5.69 Å².